The van der Waals surface area contributed by atoms with Crippen LogP contribution < -0.4 is 10.6 Å². The van der Waals surface area contributed by atoms with Crippen LogP contribution in [0.15, 0.2) is 27.8 Å². The van der Waals surface area contributed by atoms with E-state index in [1.165, 1.54) is 0 Å². The van der Waals surface area contributed by atoms with Crippen molar-refractivity contribution in [2.75, 3.05) is 39.5 Å². The summed E-state index contributed by atoms with van der Waals surface area (Å²) < 4.78 is 16.3. The quantitative estimate of drug-likeness (QED) is 0.340. The molecule has 2 unspecified atom stereocenters. The van der Waals surface area contributed by atoms with Gasteiger partial charge in [-0.2, -0.15) is 0 Å². The summed E-state index contributed by atoms with van der Waals surface area (Å²) in [4.78, 5) is 4.37. The van der Waals surface area contributed by atoms with Crippen LogP contribution in [-0.2, 0) is 9.47 Å². The van der Waals surface area contributed by atoms with Crippen molar-refractivity contribution in [1.82, 2.24) is 10.6 Å². The summed E-state index contributed by atoms with van der Waals surface area (Å²) in [6.07, 6.45) is 4.22. The number of aliphatic hydroxyl groups is 1. The third kappa shape index (κ3) is 6.90. The Morgan fingerprint density at radius 3 is 3.12 bits per heavy atom. The summed E-state index contributed by atoms with van der Waals surface area (Å²) in [5.41, 5.74) is 0. The third-order valence-electron chi connectivity index (χ3n) is 3.72. The van der Waals surface area contributed by atoms with Crippen LogP contribution >= 0.6 is 0 Å². The first kappa shape index (κ1) is 18.8. The van der Waals surface area contributed by atoms with Crippen molar-refractivity contribution < 1.29 is 19.0 Å². The van der Waals surface area contributed by atoms with Crippen molar-refractivity contribution in [3.05, 3.63) is 24.2 Å². The zero-order valence-corrected chi connectivity index (χ0v) is 14.4. The Morgan fingerprint density at radius 1 is 1.50 bits per heavy atom. The molecule has 7 heteroatoms. The summed E-state index contributed by atoms with van der Waals surface area (Å²) in [5.74, 6) is 1.21. The smallest absolute Gasteiger partial charge is 0.191 e. The van der Waals surface area contributed by atoms with Crippen molar-refractivity contribution >= 4 is 5.96 Å². The van der Waals surface area contributed by atoms with Gasteiger partial charge in [0, 0.05) is 26.3 Å². The highest BCUT2D eigenvalue weighted by Crippen LogP contribution is 2.13. The average molecular weight is 339 g/mol. The molecule has 0 aliphatic carbocycles. The molecule has 0 spiro atoms. The highest BCUT2D eigenvalue weighted by atomic mass is 16.5. The molecule has 0 bridgehead atoms. The van der Waals surface area contributed by atoms with Crippen LogP contribution in [0.3, 0.4) is 0 Å². The van der Waals surface area contributed by atoms with Gasteiger partial charge in [0.2, 0.25) is 0 Å². The van der Waals surface area contributed by atoms with Gasteiger partial charge in [0.15, 0.2) is 5.96 Å². The molecule has 0 aromatic carbocycles. The molecular weight excluding hydrogens is 310 g/mol. The van der Waals surface area contributed by atoms with Crippen molar-refractivity contribution in [2.24, 2.45) is 4.99 Å². The van der Waals surface area contributed by atoms with E-state index in [9.17, 15) is 5.11 Å². The molecule has 136 valence electrons. The van der Waals surface area contributed by atoms with Crippen LogP contribution in [-0.4, -0.2) is 56.6 Å². The van der Waals surface area contributed by atoms with Crippen LogP contribution in [0.1, 0.15) is 38.1 Å². The number of ether oxygens (including phenoxy) is 2. The standard InChI is InChI=1S/C17H29N3O4/c1-2-18-17(20-12-15(21)16-7-4-11-24-16)19-8-5-9-22-13-14-6-3-10-23-14/h4,7,11,14-15,21H,2-3,5-6,8-10,12-13H2,1H3,(H2,18,19,20). The molecule has 2 heterocycles. The number of rotatable bonds is 10. The molecule has 0 amide bonds. The van der Waals surface area contributed by atoms with Crippen molar-refractivity contribution in [3.63, 3.8) is 0 Å². The summed E-state index contributed by atoms with van der Waals surface area (Å²) in [7, 11) is 0. The number of guanidine groups is 1. The molecule has 0 saturated carbocycles. The van der Waals surface area contributed by atoms with Gasteiger partial charge in [-0.05, 0) is 38.3 Å². The number of hydrogen-bond donors (Lipinski definition) is 3. The van der Waals surface area contributed by atoms with Crippen LogP contribution in [0, 0.1) is 0 Å². The lowest BCUT2D eigenvalue weighted by atomic mass is 10.2. The molecule has 7 nitrogen and oxygen atoms in total. The number of furan rings is 1. The van der Waals surface area contributed by atoms with Crippen LogP contribution in [0.2, 0.25) is 0 Å². The van der Waals surface area contributed by atoms with Crippen molar-refractivity contribution in [3.8, 4) is 0 Å². The van der Waals surface area contributed by atoms with Gasteiger partial charge in [0.25, 0.3) is 0 Å². The van der Waals surface area contributed by atoms with E-state index in [0.717, 1.165) is 39.0 Å². The Labute approximate surface area is 143 Å². The van der Waals surface area contributed by atoms with Gasteiger partial charge in [-0.25, -0.2) is 0 Å². The second-order valence-electron chi connectivity index (χ2n) is 5.74. The lowest BCUT2D eigenvalue weighted by molar-refractivity contribution is 0.0168. The van der Waals surface area contributed by atoms with E-state index in [-0.39, 0.29) is 12.6 Å². The van der Waals surface area contributed by atoms with Crippen molar-refractivity contribution in [2.45, 2.75) is 38.4 Å². The fourth-order valence-corrected chi connectivity index (χ4v) is 2.46. The fraction of sp³-hybridized carbons (Fsp3) is 0.706. The molecule has 2 rings (SSSR count). The minimum absolute atomic E-state index is 0.248. The summed E-state index contributed by atoms with van der Waals surface area (Å²) in [6.45, 7) is 6.02. The number of aliphatic hydroxyl groups excluding tert-OH is 1. The Hall–Kier alpha value is -1.57. The first-order chi connectivity index (χ1) is 11.8. The predicted molar refractivity (Wildman–Crippen MR) is 92.1 cm³/mol. The van der Waals surface area contributed by atoms with Crippen molar-refractivity contribution in [1.29, 1.82) is 0 Å². The van der Waals surface area contributed by atoms with Gasteiger partial charge in [0.05, 0.1) is 25.5 Å². The maximum absolute atomic E-state index is 9.98. The van der Waals surface area contributed by atoms with E-state index >= 15 is 0 Å². The first-order valence-corrected chi connectivity index (χ1v) is 8.72. The van der Waals surface area contributed by atoms with E-state index in [2.05, 4.69) is 15.6 Å². The minimum Gasteiger partial charge on any atom is -0.467 e. The predicted octanol–water partition coefficient (Wildman–Crippen LogP) is 1.45. The Balaban J connectivity index is 1.60. The molecule has 3 N–H and O–H groups in total. The zero-order chi connectivity index (χ0) is 17.0. The summed E-state index contributed by atoms with van der Waals surface area (Å²) in [5, 5.41) is 16.4. The number of aliphatic imine (C=N–C) groups is 1. The Bertz CT molecular complexity index is 458. The Kier molecular flexibility index (Phi) is 8.65. The summed E-state index contributed by atoms with van der Waals surface area (Å²) >= 11 is 0. The fourth-order valence-electron chi connectivity index (χ4n) is 2.46. The zero-order valence-electron chi connectivity index (χ0n) is 14.4. The maximum Gasteiger partial charge on any atom is 0.191 e. The molecule has 1 aromatic heterocycles. The molecule has 2 atom stereocenters. The van der Waals surface area contributed by atoms with E-state index in [1.54, 1.807) is 18.4 Å². The molecule has 1 aliphatic heterocycles. The molecule has 1 aromatic rings. The molecule has 1 saturated heterocycles. The van der Waals surface area contributed by atoms with Gasteiger partial charge in [0.1, 0.15) is 11.9 Å². The number of nitrogens with one attached hydrogen (secondary N) is 2. The van der Waals surface area contributed by atoms with Gasteiger partial charge in [-0.1, -0.05) is 0 Å². The van der Waals surface area contributed by atoms with Gasteiger partial charge in [-0.15, -0.1) is 0 Å². The van der Waals surface area contributed by atoms with Gasteiger partial charge >= 0.3 is 0 Å². The van der Waals surface area contributed by atoms with Gasteiger partial charge in [-0.3, -0.25) is 4.99 Å². The largest absolute Gasteiger partial charge is 0.467 e. The molecular formula is C17H29N3O4. The lowest BCUT2D eigenvalue weighted by Gasteiger charge is -2.13. The lowest BCUT2D eigenvalue weighted by Crippen LogP contribution is -2.38. The Morgan fingerprint density at radius 2 is 2.42 bits per heavy atom. The average Bonchev–Trinajstić information content (AvgIpc) is 3.28. The van der Waals surface area contributed by atoms with Gasteiger partial charge < -0.3 is 29.6 Å². The monoisotopic (exact) mass is 339 g/mol. The van der Waals surface area contributed by atoms with E-state index in [4.69, 9.17) is 13.9 Å². The highest BCUT2D eigenvalue weighted by molar-refractivity contribution is 5.79. The topological polar surface area (TPSA) is 88.3 Å². The van der Waals surface area contributed by atoms with Crippen LogP contribution in [0.5, 0.6) is 0 Å². The molecule has 1 fully saturated rings. The van der Waals surface area contributed by atoms with E-state index in [0.29, 0.717) is 24.9 Å². The van der Waals surface area contributed by atoms with E-state index < -0.39 is 6.10 Å². The molecule has 1 aliphatic rings. The number of hydrogen-bond acceptors (Lipinski definition) is 5. The van der Waals surface area contributed by atoms with E-state index in [1.807, 2.05) is 6.92 Å². The normalized spacial score (nSPS) is 19.4. The van der Waals surface area contributed by atoms with Crippen LogP contribution in [0.4, 0.5) is 0 Å². The SMILES string of the molecule is CCNC(=NCC(O)c1ccco1)NCCCOCC1CCCO1. The minimum atomic E-state index is -0.731. The maximum atomic E-state index is 9.98. The number of nitrogens with zero attached hydrogens (tertiary/aromatic N) is 1. The highest BCUT2D eigenvalue weighted by Gasteiger charge is 2.15. The molecule has 0 radical (unpaired) electrons. The second-order valence-corrected chi connectivity index (χ2v) is 5.74. The summed E-state index contributed by atoms with van der Waals surface area (Å²) in [6, 6.07) is 3.49. The molecule has 24 heavy (non-hydrogen) atoms. The van der Waals surface area contributed by atoms with Crippen LogP contribution in [0.25, 0.3) is 0 Å². The third-order valence-corrected chi connectivity index (χ3v) is 3.72. The first-order valence-electron chi connectivity index (χ1n) is 8.72. The second kappa shape index (κ2) is 11.1.